The van der Waals surface area contributed by atoms with E-state index in [1.165, 1.54) is 43.0 Å². The molecule has 0 radical (unpaired) electrons. The minimum absolute atomic E-state index is 0.000191. The smallest absolute Gasteiger partial charge is 0.326 e. The van der Waals surface area contributed by atoms with Crippen LogP contribution in [0.4, 0.5) is 0 Å². The maximum Gasteiger partial charge on any atom is 0.326 e. The summed E-state index contributed by atoms with van der Waals surface area (Å²) in [5.74, 6) is -21.2. The number of aromatic hydroxyl groups is 1. The summed E-state index contributed by atoms with van der Waals surface area (Å²) in [6.45, 7) is 27.4. The number of phenolic OH excluding ortho intramolecular Hbond substituents is 1. The van der Waals surface area contributed by atoms with Crippen LogP contribution in [0.1, 0.15) is 226 Å². The van der Waals surface area contributed by atoms with Crippen molar-refractivity contribution in [3.63, 3.8) is 0 Å². The van der Waals surface area contributed by atoms with Gasteiger partial charge in [0.25, 0.3) is 0 Å². The number of nitrogens with one attached hydrogen (secondary N) is 16. The third-order valence-corrected chi connectivity index (χ3v) is 24.2. The predicted octanol–water partition coefficient (Wildman–Crippen LogP) is -2.27. The highest BCUT2D eigenvalue weighted by molar-refractivity contribution is 6.02. The van der Waals surface area contributed by atoms with E-state index in [-0.39, 0.29) is 126 Å². The maximum absolute atomic E-state index is 15.1. The van der Waals surface area contributed by atoms with Gasteiger partial charge in [-0.05, 0) is 155 Å². The normalized spacial score (nSPS) is 16.8. The van der Waals surface area contributed by atoms with E-state index in [0.717, 1.165) is 0 Å². The van der Waals surface area contributed by atoms with E-state index >= 15 is 9.59 Å². The molecule has 2 aromatic carbocycles. The Morgan fingerprint density at radius 2 is 0.700 bits per heavy atom. The van der Waals surface area contributed by atoms with Crippen LogP contribution in [-0.2, 0) is 104 Å². The zero-order chi connectivity index (χ0) is 106. The number of carbonyl (C=O) groups is 19. The molecule has 140 heavy (non-hydrogen) atoms. The number of unbranched alkanes of at least 4 members (excludes halogenated alkanes) is 1. The summed E-state index contributed by atoms with van der Waals surface area (Å²) in [4.78, 5) is 268. The Morgan fingerprint density at radius 1 is 0.371 bits per heavy atom. The first-order valence-corrected chi connectivity index (χ1v) is 48.6. The number of benzene rings is 2. The summed E-state index contributed by atoms with van der Waals surface area (Å²) < 4.78 is 0. The Labute approximate surface area is 820 Å². The lowest BCUT2D eigenvalue weighted by atomic mass is 9.94. The monoisotopic (exact) mass is 1980 g/mol. The van der Waals surface area contributed by atoms with Gasteiger partial charge in [0, 0.05) is 25.8 Å². The number of hydrogen-bond acceptors (Lipinski definition) is 25. The molecule has 1 fully saturated rings. The number of likely N-dealkylation sites (tertiary alicyclic amines) is 1. The highest BCUT2D eigenvalue weighted by Crippen LogP contribution is 2.24. The number of aliphatic hydroxyl groups excluding tert-OH is 3. The predicted molar refractivity (Wildman–Crippen MR) is 518 cm³/mol. The number of rotatable bonds is 63. The van der Waals surface area contributed by atoms with E-state index in [0.29, 0.717) is 30.5 Å². The van der Waals surface area contributed by atoms with E-state index < -0.39 is 265 Å². The molecule has 27 N–H and O–H groups in total. The molecule has 0 spiro atoms. The molecule has 2 aromatic rings. The highest BCUT2D eigenvalue weighted by Gasteiger charge is 2.45. The minimum atomic E-state index is -1.74. The van der Waals surface area contributed by atoms with E-state index in [1.54, 1.807) is 141 Å². The summed E-state index contributed by atoms with van der Waals surface area (Å²) in [6.07, 6.45) is 0.935. The van der Waals surface area contributed by atoms with E-state index in [2.05, 4.69) is 85.1 Å². The van der Waals surface area contributed by atoms with Crippen molar-refractivity contribution >= 4 is 112 Å². The van der Waals surface area contributed by atoms with Crippen LogP contribution in [0.2, 0.25) is 0 Å². The van der Waals surface area contributed by atoms with E-state index in [9.17, 15) is 107 Å². The maximum atomic E-state index is 15.1. The average Bonchev–Trinajstić information content (AvgIpc) is 1.68. The number of carboxylic acids is 1. The molecule has 0 saturated carbocycles. The molecule has 44 nitrogen and oxygen atoms in total. The number of amides is 18. The fourth-order valence-electron chi connectivity index (χ4n) is 15.3. The number of carboxylic acid groups (broad SMARTS) is 1. The molecule has 1 aliphatic rings. The van der Waals surface area contributed by atoms with Crippen LogP contribution >= 0.6 is 0 Å². The third kappa shape index (κ3) is 41.4. The topological polar surface area (TPSA) is 699 Å². The second-order valence-electron chi connectivity index (χ2n) is 38.5. The molecule has 1 heterocycles. The molecular weight excluding hydrogens is 1820 g/mol. The van der Waals surface area contributed by atoms with E-state index in [4.69, 9.17) is 17.2 Å². The van der Waals surface area contributed by atoms with Crippen molar-refractivity contribution in [1.29, 1.82) is 0 Å². The minimum Gasteiger partial charge on any atom is -0.508 e. The van der Waals surface area contributed by atoms with Gasteiger partial charge in [0.2, 0.25) is 106 Å². The van der Waals surface area contributed by atoms with Crippen LogP contribution in [0.3, 0.4) is 0 Å². The van der Waals surface area contributed by atoms with Crippen molar-refractivity contribution in [3.8, 4) is 5.75 Å². The van der Waals surface area contributed by atoms with Crippen LogP contribution in [0, 0.1) is 47.3 Å². The largest absolute Gasteiger partial charge is 0.508 e. The molecule has 0 aliphatic carbocycles. The van der Waals surface area contributed by atoms with Crippen molar-refractivity contribution in [3.05, 3.63) is 65.7 Å². The summed E-state index contributed by atoms with van der Waals surface area (Å²) in [7, 11) is 0. The summed E-state index contributed by atoms with van der Waals surface area (Å²) in [6, 6.07) is -11.7. The molecular formula is C96H158N20O24. The van der Waals surface area contributed by atoms with Crippen molar-refractivity contribution in [2.75, 3.05) is 32.9 Å². The first kappa shape index (κ1) is 122. The second kappa shape index (κ2) is 61.5. The van der Waals surface area contributed by atoms with Gasteiger partial charge in [-0.25, -0.2) is 4.79 Å². The Morgan fingerprint density at radius 3 is 1.10 bits per heavy atom. The van der Waals surface area contributed by atoms with Gasteiger partial charge < -0.3 is 133 Å². The van der Waals surface area contributed by atoms with Gasteiger partial charge in [0.1, 0.15) is 108 Å². The highest BCUT2D eigenvalue weighted by atomic mass is 16.4. The molecule has 44 heteroatoms. The lowest BCUT2D eigenvalue weighted by molar-refractivity contribution is -0.143. The second-order valence-corrected chi connectivity index (χ2v) is 38.5. The average molecular weight is 1980 g/mol. The van der Waals surface area contributed by atoms with Gasteiger partial charge >= 0.3 is 5.97 Å². The molecule has 18 amide bonds. The third-order valence-electron chi connectivity index (χ3n) is 24.2. The Kier molecular flexibility index (Phi) is 53.7. The number of phenols is 1. The SMILES string of the molecule is CC[C@H](C)[C@H](NC(=O)[C@H](Cc1ccccc1)NC(=O)[C@@H](NC(=O)[C@@H](NC(=O)[C@H](CO)NC(=O)[C@@H]1CCCN1C(=O)[C@@H](NC(=O)[C@H](CC(C)C)NC(=O)[C@H](CC(C)C)NC(=O)[C@H](CO)NC(=O)[C@H](CCC(N)=O)NC(=O)[C@H](C)N)C(C)C)[C@@H](C)CC)[C@@H](C)CC)C(=O)N[C@@H](CC(C)C)C(=O)N[C@@H](C)C(=O)N[C@@H](Cc1ccc(O)cc1)C(=O)N[C@@H](CO)C(=O)N[C@@H](CC(C)C)C(=O)N[C@@H](CCCCN)C(=O)O. The number of carbonyl (C=O) groups excluding carboxylic acids is 18. The zero-order valence-electron chi connectivity index (χ0n) is 84.2. The van der Waals surface area contributed by atoms with E-state index in [1.807, 2.05) is 0 Å². The molecule has 21 atom stereocenters. The van der Waals surface area contributed by atoms with Gasteiger partial charge in [-0.15, -0.1) is 0 Å². The zero-order valence-corrected chi connectivity index (χ0v) is 84.2. The fourth-order valence-corrected chi connectivity index (χ4v) is 15.3. The number of aliphatic carboxylic acids is 1. The van der Waals surface area contributed by atoms with Gasteiger partial charge in [0.15, 0.2) is 0 Å². The first-order valence-electron chi connectivity index (χ1n) is 48.6. The fraction of sp³-hybridized carbons (Fsp3) is 0.677. The number of aliphatic hydroxyl groups is 3. The Bertz CT molecular complexity index is 4430. The Hall–Kier alpha value is -12.0. The van der Waals surface area contributed by atoms with Crippen LogP contribution in [0.15, 0.2) is 54.6 Å². The lowest BCUT2D eigenvalue weighted by Crippen LogP contribution is -2.63. The van der Waals surface area contributed by atoms with Crippen LogP contribution in [0.5, 0.6) is 5.75 Å². The van der Waals surface area contributed by atoms with Gasteiger partial charge in [-0.2, -0.15) is 0 Å². The van der Waals surface area contributed by atoms with Crippen molar-refractivity contribution < 1.29 is 117 Å². The van der Waals surface area contributed by atoms with Crippen LogP contribution < -0.4 is 102 Å². The molecule has 3 rings (SSSR count). The van der Waals surface area contributed by atoms with Crippen molar-refractivity contribution in [1.82, 2.24) is 90.0 Å². The molecule has 0 aromatic heterocycles. The molecule has 1 aliphatic heterocycles. The van der Waals surface area contributed by atoms with Gasteiger partial charge in [-0.1, -0.05) is 173 Å². The molecule has 0 bridgehead atoms. The van der Waals surface area contributed by atoms with Gasteiger partial charge in [-0.3, -0.25) is 86.3 Å². The molecule has 1 saturated heterocycles. The first-order chi connectivity index (χ1) is 65.8. The Balaban J connectivity index is 1.90. The van der Waals surface area contributed by atoms with Crippen LogP contribution in [0.25, 0.3) is 0 Å². The number of primary amides is 1. The standard InChI is InChI=1S/C96H158N20O24/c1-19-54(14)76(92(135)107-64(40-49(4)5)82(125)100-58(18)80(123)103-68(45-60-32-34-61(120)35-33-60)85(128)110-71(47-118)89(132)105-65(41-50(6)7)83(126)102-63(96(139)140)30-25-26-38-97)113-87(130)69(44-59-28-23-22-24-29-59)108-93(136)77(55(15)20-2)115-94(137)78(56(16)21-3)114-90(133)72(48-119)111-91(134)73-31-27-39-116(73)95(138)75(53(12)13)112-86(129)67(43-52(10)11)104-84(127)66(42-51(8)9)106-88(131)70(46-117)109-81(124)62(36-37-74(99)121)101-79(122)57(17)98/h22-24,28-29,32-35,49-58,62-73,75-78,117-120H,19-21,25-27,30-31,36-48,97-98H2,1-18H3,(H2,99,121)(H,100,125)(H,101,122)(H,102,126)(H,103,123)(H,104,127)(H,105,132)(H,106,131)(H,107,135)(H,108,136)(H,109,124)(H,110,128)(H,111,134)(H,112,129)(H,113,130)(H,114,133)(H,115,137)(H,139,140)/t54-,55-,56-,57-,58-,62-,63-,64-,65-,66-,67-,68-,69-,70-,71-,72-,73-,75-,76-,77-,78-/m0/s1. The van der Waals surface area contributed by atoms with Gasteiger partial charge in [0.05, 0.1) is 25.9 Å². The van der Waals surface area contributed by atoms with Crippen molar-refractivity contribution in [2.24, 2.45) is 64.5 Å². The summed E-state index contributed by atoms with van der Waals surface area (Å²) in [5, 5.41) is 93.2. The number of nitrogens with zero attached hydrogens (tertiary/aromatic N) is 1. The summed E-state index contributed by atoms with van der Waals surface area (Å²) >= 11 is 0. The molecule has 0 unspecified atom stereocenters. The number of nitrogens with two attached hydrogens (primary N) is 3. The number of hydrogen-bond donors (Lipinski definition) is 24. The quantitative estimate of drug-likeness (QED) is 0.0310. The van der Waals surface area contributed by atoms with Crippen molar-refractivity contribution in [2.45, 2.75) is 336 Å². The van der Waals surface area contributed by atoms with Crippen LogP contribution in [-0.4, -0.2) is 284 Å². The summed E-state index contributed by atoms with van der Waals surface area (Å²) in [5.41, 5.74) is 17.5. The lowest BCUT2D eigenvalue weighted by Gasteiger charge is -2.33. The molecule has 786 valence electrons.